The lowest BCUT2D eigenvalue weighted by Crippen LogP contribution is -2.41. The van der Waals surface area contributed by atoms with Crippen LogP contribution in [-0.2, 0) is 0 Å². The van der Waals surface area contributed by atoms with E-state index in [4.69, 9.17) is 16.7 Å². The van der Waals surface area contributed by atoms with Gasteiger partial charge in [-0.05, 0) is 6.07 Å². The maximum absolute atomic E-state index is 10.8. The number of rotatable bonds is 2. The van der Waals surface area contributed by atoms with Gasteiger partial charge in [0.25, 0.3) is 0 Å². The second kappa shape index (κ2) is 5.36. The van der Waals surface area contributed by atoms with Gasteiger partial charge in [-0.25, -0.2) is 9.78 Å². The lowest BCUT2D eigenvalue weighted by atomic mass is 10.2. The van der Waals surface area contributed by atoms with E-state index in [0.717, 1.165) is 13.1 Å². The summed E-state index contributed by atoms with van der Waals surface area (Å²) in [6, 6.07) is 1.46. The molecule has 0 aliphatic carbocycles. The average Bonchev–Trinajstić information content (AvgIpc) is 2.27. The third-order valence-electron chi connectivity index (χ3n) is 2.79. The lowest BCUT2D eigenvalue weighted by molar-refractivity contribution is 0.0696. The Morgan fingerprint density at radius 3 is 2.61 bits per heavy atom. The van der Waals surface area contributed by atoms with Crippen molar-refractivity contribution in [1.82, 2.24) is 4.98 Å². The maximum atomic E-state index is 10.8. The molecule has 2 heterocycles. The molecule has 6 heteroatoms. The molecule has 0 spiro atoms. The van der Waals surface area contributed by atoms with Crippen LogP contribution >= 0.6 is 23.4 Å². The van der Waals surface area contributed by atoms with Crippen molar-refractivity contribution in [1.29, 1.82) is 0 Å². The quantitative estimate of drug-likeness (QED) is 0.906. The van der Waals surface area contributed by atoms with Crippen molar-refractivity contribution in [2.45, 2.75) is 24.3 Å². The first-order chi connectivity index (χ1) is 8.47. The van der Waals surface area contributed by atoms with Gasteiger partial charge in [0.05, 0.1) is 10.6 Å². The Morgan fingerprint density at radius 2 is 2.11 bits per heavy atom. The molecule has 0 saturated carbocycles. The largest absolute Gasteiger partial charge is 0.478 e. The molecule has 98 valence electrons. The average molecular weight is 287 g/mol. The number of pyridine rings is 1. The molecule has 0 bridgehead atoms. The van der Waals surface area contributed by atoms with Gasteiger partial charge in [0.1, 0.15) is 5.82 Å². The summed E-state index contributed by atoms with van der Waals surface area (Å²) >= 11 is 8.07. The SMILES string of the molecule is CC1CN(c2ncc(C(=O)O)cc2Cl)CC(C)S1. The molecule has 4 nitrogen and oxygen atoms in total. The zero-order valence-corrected chi connectivity index (χ0v) is 11.8. The van der Waals surface area contributed by atoms with Crippen LogP contribution in [-0.4, -0.2) is 39.6 Å². The smallest absolute Gasteiger partial charge is 0.337 e. The van der Waals surface area contributed by atoms with Crippen molar-refractivity contribution in [3.05, 3.63) is 22.8 Å². The fraction of sp³-hybridized carbons (Fsp3) is 0.500. The fourth-order valence-electron chi connectivity index (χ4n) is 2.13. The molecule has 1 N–H and O–H groups in total. The molecule has 0 aromatic carbocycles. The third kappa shape index (κ3) is 2.90. The van der Waals surface area contributed by atoms with Gasteiger partial charge in [0, 0.05) is 29.8 Å². The second-order valence-electron chi connectivity index (χ2n) is 4.50. The second-order valence-corrected chi connectivity index (χ2v) is 6.79. The van der Waals surface area contributed by atoms with Crippen LogP contribution in [0.2, 0.25) is 5.02 Å². The number of carboxylic acid groups (broad SMARTS) is 1. The topological polar surface area (TPSA) is 53.4 Å². The monoisotopic (exact) mass is 286 g/mol. The van der Waals surface area contributed by atoms with Gasteiger partial charge in [-0.1, -0.05) is 25.4 Å². The minimum absolute atomic E-state index is 0.122. The molecule has 1 saturated heterocycles. The zero-order valence-electron chi connectivity index (χ0n) is 10.3. The highest BCUT2D eigenvalue weighted by Gasteiger charge is 2.25. The van der Waals surface area contributed by atoms with E-state index in [0.29, 0.717) is 21.3 Å². The summed E-state index contributed by atoms with van der Waals surface area (Å²) in [5.74, 6) is -0.326. The first-order valence-electron chi connectivity index (χ1n) is 5.76. The Hall–Kier alpha value is -0.940. The van der Waals surface area contributed by atoms with Crippen LogP contribution in [0.1, 0.15) is 24.2 Å². The summed E-state index contributed by atoms with van der Waals surface area (Å²) in [7, 11) is 0. The summed E-state index contributed by atoms with van der Waals surface area (Å²) in [5, 5.41) is 10.3. The molecule has 2 rings (SSSR count). The summed E-state index contributed by atoms with van der Waals surface area (Å²) in [4.78, 5) is 17.1. The highest BCUT2D eigenvalue weighted by atomic mass is 35.5. The van der Waals surface area contributed by atoms with Crippen LogP contribution in [0, 0.1) is 0 Å². The van der Waals surface area contributed by atoms with E-state index in [1.807, 2.05) is 11.8 Å². The zero-order chi connectivity index (χ0) is 13.3. The Kier molecular flexibility index (Phi) is 4.02. The molecular weight excluding hydrogens is 272 g/mol. The van der Waals surface area contributed by atoms with Crippen molar-refractivity contribution in [3.63, 3.8) is 0 Å². The van der Waals surface area contributed by atoms with Crippen LogP contribution in [0.4, 0.5) is 5.82 Å². The number of thioether (sulfide) groups is 1. The van der Waals surface area contributed by atoms with Crippen LogP contribution in [0.15, 0.2) is 12.3 Å². The van der Waals surface area contributed by atoms with Crippen molar-refractivity contribution in [2.24, 2.45) is 0 Å². The van der Waals surface area contributed by atoms with Crippen LogP contribution in [0.25, 0.3) is 0 Å². The van der Waals surface area contributed by atoms with Crippen molar-refractivity contribution in [3.8, 4) is 0 Å². The molecule has 1 aliphatic rings. The van der Waals surface area contributed by atoms with E-state index < -0.39 is 5.97 Å². The van der Waals surface area contributed by atoms with Gasteiger partial charge in [0.15, 0.2) is 0 Å². The highest BCUT2D eigenvalue weighted by molar-refractivity contribution is 8.00. The summed E-state index contributed by atoms with van der Waals surface area (Å²) in [6.45, 7) is 6.11. The van der Waals surface area contributed by atoms with E-state index in [-0.39, 0.29) is 5.56 Å². The van der Waals surface area contributed by atoms with Crippen molar-refractivity contribution < 1.29 is 9.90 Å². The van der Waals surface area contributed by atoms with Crippen LogP contribution in [0.3, 0.4) is 0 Å². The molecule has 0 amide bonds. The fourth-order valence-corrected chi connectivity index (χ4v) is 3.74. The molecule has 2 unspecified atom stereocenters. The van der Waals surface area contributed by atoms with Crippen LogP contribution in [0.5, 0.6) is 0 Å². The van der Waals surface area contributed by atoms with Crippen molar-refractivity contribution >= 4 is 35.1 Å². The molecular formula is C12H15ClN2O2S. The number of halogens is 1. The number of anilines is 1. The first kappa shape index (κ1) is 13.5. The molecule has 1 aliphatic heterocycles. The molecule has 2 atom stereocenters. The number of hydrogen-bond acceptors (Lipinski definition) is 4. The number of aromatic nitrogens is 1. The van der Waals surface area contributed by atoms with E-state index in [1.165, 1.54) is 12.3 Å². The number of carboxylic acids is 1. The Bertz CT molecular complexity index is 459. The van der Waals surface area contributed by atoms with Gasteiger partial charge < -0.3 is 10.0 Å². The standard InChI is InChI=1S/C12H15ClN2O2S/c1-7-5-15(6-8(2)18-7)11-10(13)3-9(4-14-11)12(16)17/h3-4,7-8H,5-6H2,1-2H3,(H,16,17). The van der Waals surface area contributed by atoms with Gasteiger partial charge >= 0.3 is 5.97 Å². The Labute approximate surface area is 115 Å². The predicted molar refractivity (Wildman–Crippen MR) is 74.9 cm³/mol. The molecule has 1 aromatic rings. The van der Waals surface area contributed by atoms with Gasteiger partial charge in [-0.15, -0.1) is 0 Å². The molecule has 18 heavy (non-hydrogen) atoms. The summed E-state index contributed by atoms with van der Waals surface area (Å²) in [6.07, 6.45) is 1.36. The molecule has 0 radical (unpaired) electrons. The Balaban J connectivity index is 2.25. The normalized spacial score (nSPS) is 24.1. The molecule has 1 aromatic heterocycles. The summed E-state index contributed by atoms with van der Waals surface area (Å²) in [5.41, 5.74) is 0.122. The minimum atomic E-state index is -1.01. The number of hydrogen-bond donors (Lipinski definition) is 1. The minimum Gasteiger partial charge on any atom is -0.478 e. The number of carbonyl (C=O) groups is 1. The highest BCUT2D eigenvalue weighted by Crippen LogP contribution is 2.31. The summed E-state index contributed by atoms with van der Waals surface area (Å²) < 4.78 is 0. The van der Waals surface area contributed by atoms with E-state index >= 15 is 0 Å². The van der Waals surface area contributed by atoms with E-state index in [2.05, 4.69) is 23.7 Å². The van der Waals surface area contributed by atoms with Crippen LogP contribution < -0.4 is 4.90 Å². The van der Waals surface area contributed by atoms with Gasteiger partial charge in [0.2, 0.25) is 0 Å². The Morgan fingerprint density at radius 1 is 1.50 bits per heavy atom. The predicted octanol–water partition coefficient (Wildman–Crippen LogP) is 2.76. The van der Waals surface area contributed by atoms with Crippen molar-refractivity contribution in [2.75, 3.05) is 18.0 Å². The van der Waals surface area contributed by atoms with E-state index in [9.17, 15) is 4.79 Å². The third-order valence-corrected chi connectivity index (χ3v) is 4.29. The number of nitrogens with zero attached hydrogens (tertiary/aromatic N) is 2. The lowest BCUT2D eigenvalue weighted by Gasteiger charge is -2.35. The maximum Gasteiger partial charge on any atom is 0.337 e. The van der Waals surface area contributed by atoms with Gasteiger partial charge in [-0.3, -0.25) is 0 Å². The van der Waals surface area contributed by atoms with E-state index in [1.54, 1.807) is 0 Å². The first-order valence-corrected chi connectivity index (χ1v) is 7.08. The van der Waals surface area contributed by atoms with Gasteiger partial charge in [-0.2, -0.15) is 11.8 Å². The number of aromatic carboxylic acids is 1. The molecule has 1 fully saturated rings.